The summed E-state index contributed by atoms with van der Waals surface area (Å²) in [4.78, 5) is 9.56. The largest absolute Gasteiger partial charge is 0.309 e. The van der Waals surface area contributed by atoms with Crippen molar-refractivity contribution in [3.8, 4) is 51.2 Å². The molecule has 55 heavy (non-hydrogen) atoms. The van der Waals surface area contributed by atoms with Gasteiger partial charge >= 0.3 is 0 Å². The lowest BCUT2D eigenvalue weighted by atomic mass is 10.1. The highest BCUT2D eigenvalue weighted by atomic mass is 15.3. The molecule has 0 radical (unpaired) electrons. The summed E-state index contributed by atoms with van der Waals surface area (Å²) in [6.45, 7) is 0. The van der Waals surface area contributed by atoms with E-state index in [9.17, 15) is 0 Å². The second kappa shape index (κ2) is 12.5. The molecule has 11 rings (SSSR count). The van der Waals surface area contributed by atoms with Crippen LogP contribution in [0, 0.1) is 0 Å². The Hall–Kier alpha value is -7.64. The van der Waals surface area contributed by atoms with E-state index >= 15 is 0 Å². The highest BCUT2D eigenvalue weighted by Crippen LogP contribution is 2.40. The fourth-order valence-electron chi connectivity index (χ4n) is 8.09. The number of rotatable bonds is 6. The summed E-state index contributed by atoms with van der Waals surface area (Å²) in [6, 6.07) is 61.2. The third kappa shape index (κ3) is 4.91. The lowest BCUT2D eigenvalue weighted by Gasteiger charge is -2.14. The van der Waals surface area contributed by atoms with Gasteiger partial charge < -0.3 is 4.57 Å². The van der Waals surface area contributed by atoms with E-state index in [0.717, 1.165) is 89.5 Å². The van der Waals surface area contributed by atoms with Crippen LogP contribution in [0.5, 0.6) is 0 Å². The Balaban J connectivity index is 1.17. The van der Waals surface area contributed by atoms with Gasteiger partial charge in [0.25, 0.3) is 0 Å². The molecule has 0 N–H and O–H groups in total. The number of fused-ring (bicyclic) bond motifs is 6. The number of benzene rings is 6. The van der Waals surface area contributed by atoms with Gasteiger partial charge in [-0.05, 0) is 84.9 Å². The van der Waals surface area contributed by atoms with Gasteiger partial charge in [-0.3, -0.25) is 14.1 Å². The monoisotopic (exact) mass is 705 g/mol. The topological polar surface area (TPSA) is 66.3 Å². The van der Waals surface area contributed by atoms with Crippen molar-refractivity contribution in [2.75, 3.05) is 0 Å². The molecule has 258 valence electrons. The van der Waals surface area contributed by atoms with Gasteiger partial charge in [0.15, 0.2) is 11.6 Å². The summed E-state index contributed by atoms with van der Waals surface area (Å²) in [5.74, 6) is 2.31. The van der Waals surface area contributed by atoms with Crippen molar-refractivity contribution < 1.29 is 0 Å². The Morgan fingerprint density at radius 3 is 1.80 bits per heavy atom. The smallest absolute Gasteiger partial charge is 0.171 e. The van der Waals surface area contributed by atoms with Crippen LogP contribution < -0.4 is 0 Å². The number of hydrogen-bond acceptors (Lipinski definition) is 4. The molecule has 0 bridgehead atoms. The molecule has 6 aromatic carbocycles. The van der Waals surface area contributed by atoms with Crippen molar-refractivity contribution in [1.82, 2.24) is 33.9 Å². The summed E-state index contributed by atoms with van der Waals surface area (Å²) in [5.41, 5.74) is 10.2. The molecule has 0 fully saturated rings. The quantitative estimate of drug-likeness (QED) is 0.173. The van der Waals surface area contributed by atoms with Crippen molar-refractivity contribution in [1.29, 1.82) is 0 Å². The van der Waals surface area contributed by atoms with Gasteiger partial charge in [0.1, 0.15) is 5.82 Å². The van der Waals surface area contributed by atoms with E-state index in [2.05, 4.69) is 170 Å². The molecule has 0 saturated carbocycles. The first-order valence-electron chi connectivity index (χ1n) is 18.3. The minimum atomic E-state index is 0.742. The zero-order chi connectivity index (χ0) is 36.3. The molecule has 0 spiro atoms. The average molecular weight is 706 g/mol. The number of nitrogens with zero attached hydrogens (tertiary/aromatic N) is 7. The van der Waals surface area contributed by atoms with E-state index in [1.165, 1.54) is 5.39 Å². The summed E-state index contributed by atoms with van der Waals surface area (Å²) in [6.07, 6.45) is 3.63. The molecule has 0 aliphatic heterocycles. The van der Waals surface area contributed by atoms with Crippen LogP contribution in [0.1, 0.15) is 0 Å². The fraction of sp³-hybridized carbons (Fsp3) is 0. The van der Waals surface area contributed by atoms with Crippen LogP contribution in [-0.2, 0) is 0 Å². The summed E-state index contributed by atoms with van der Waals surface area (Å²) < 4.78 is 6.78. The third-order valence-electron chi connectivity index (χ3n) is 10.5. The maximum absolute atomic E-state index is 5.21. The molecule has 0 atom stereocenters. The molecule has 5 heterocycles. The highest BCUT2D eigenvalue weighted by Gasteiger charge is 2.24. The van der Waals surface area contributed by atoms with Crippen molar-refractivity contribution >= 4 is 43.6 Å². The number of para-hydroxylation sites is 5. The summed E-state index contributed by atoms with van der Waals surface area (Å²) >= 11 is 0. The van der Waals surface area contributed by atoms with Crippen LogP contribution in [0.2, 0.25) is 0 Å². The first-order valence-corrected chi connectivity index (χ1v) is 18.3. The van der Waals surface area contributed by atoms with E-state index < -0.39 is 0 Å². The molecule has 0 aliphatic rings. The molecule has 0 saturated heterocycles. The molecule has 5 aromatic heterocycles. The first kappa shape index (κ1) is 30.9. The van der Waals surface area contributed by atoms with Crippen LogP contribution in [-0.4, -0.2) is 33.9 Å². The van der Waals surface area contributed by atoms with E-state index in [0.29, 0.717) is 0 Å². The van der Waals surface area contributed by atoms with Crippen LogP contribution in [0.15, 0.2) is 188 Å². The van der Waals surface area contributed by atoms with E-state index in [1.54, 1.807) is 6.20 Å². The Labute approximate surface area is 316 Å². The molecule has 0 unspecified atom stereocenters. The highest BCUT2D eigenvalue weighted by molar-refractivity contribution is 6.14. The maximum atomic E-state index is 5.21. The fourth-order valence-corrected chi connectivity index (χ4v) is 8.09. The van der Waals surface area contributed by atoms with E-state index in [4.69, 9.17) is 15.2 Å². The molecular formula is C48H31N7. The van der Waals surface area contributed by atoms with Gasteiger partial charge in [-0.2, -0.15) is 0 Å². The zero-order valence-corrected chi connectivity index (χ0v) is 29.5. The number of hydrogen-bond donors (Lipinski definition) is 0. The number of pyridine rings is 2. The second-order valence-corrected chi connectivity index (χ2v) is 13.6. The van der Waals surface area contributed by atoms with Crippen molar-refractivity contribution in [3.63, 3.8) is 0 Å². The van der Waals surface area contributed by atoms with Crippen molar-refractivity contribution in [2.24, 2.45) is 0 Å². The van der Waals surface area contributed by atoms with Crippen molar-refractivity contribution in [3.05, 3.63) is 188 Å². The second-order valence-electron chi connectivity index (χ2n) is 13.6. The van der Waals surface area contributed by atoms with Gasteiger partial charge in [0, 0.05) is 62.0 Å². The van der Waals surface area contributed by atoms with Crippen molar-refractivity contribution in [2.45, 2.75) is 0 Å². The predicted molar refractivity (Wildman–Crippen MR) is 222 cm³/mol. The van der Waals surface area contributed by atoms with E-state index in [1.807, 2.05) is 30.5 Å². The minimum Gasteiger partial charge on any atom is -0.309 e. The van der Waals surface area contributed by atoms with E-state index in [-0.39, 0.29) is 0 Å². The standard InChI is InChI=1S/C48H31N7/c1-3-15-34(16-4-1)53-42-24-9-8-20-37(42)40-30-32(27-28-44(40)53)47-51-52-48(54(47)35-17-5-2-6-18-35)39-22-11-21-38-36-19-7-10-25-43(36)55(46(38)39)45-26-12-23-41(50-45)33-14-13-29-49-31-33/h1-31H. The predicted octanol–water partition coefficient (Wildman–Crippen LogP) is 11.3. The Kier molecular flexibility index (Phi) is 7.03. The summed E-state index contributed by atoms with van der Waals surface area (Å²) in [5, 5.41) is 14.6. The van der Waals surface area contributed by atoms with Crippen LogP contribution in [0.25, 0.3) is 94.8 Å². The molecular weight excluding hydrogens is 675 g/mol. The maximum Gasteiger partial charge on any atom is 0.171 e. The van der Waals surface area contributed by atoms with Gasteiger partial charge in [-0.15, -0.1) is 10.2 Å². The molecule has 7 nitrogen and oxygen atoms in total. The van der Waals surface area contributed by atoms with Crippen LogP contribution >= 0.6 is 0 Å². The Morgan fingerprint density at radius 1 is 0.400 bits per heavy atom. The SMILES string of the molecule is c1ccc(-n2c(-c3ccc4c(c3)c3ccccc3n4-c3ccccc3)nnc2-c2cccc3c4ccccc4n(-c4cccc(-c5cccnc5)n4)c23)cc1. The lowest BCUT2D eigenvalue weighted by molar-refractivity contribution is 1.06. The Bertz CT molecular complexity index is 3200. The lowest BCUT2D eigenvalue weighted by Crippen LogP contribution is -2.03. The van der Waals surface area contributed by atoms with Gasteiger partial charge in [-0.25, -0.2) is 4.98 Å². The van der Waals surface area contributed by atoms with Gasteiger partial charge in [0.05, 0.1) is 27.8 Å². The third-order valence-corrected chi connectivity index (χ3v) is 10.5. The van der Waals surface area contributed by atoms with Gasteiger partial charge in [0.2, 0.25) is 0 Å². The number of aromatic nitrogens is 7. The minimum absolute atomic E-state index is 0.742. The molecule has 11 aromatic rings. The molecule has 0 amide bonds. The van der Waals surface area contributed by atoms with Crippen LogP contribution in [0.3, 0.4) is 0 Å². The molecule has 7 heteroatoms. The summed E-state index contributed by atoms with van der Waals surface area (Å²) in [7, 11) is 0. The average Bonchev–Trinajstić information content (AvgIpc) is 3.95. The van der Waals surface area contributed by atoms with Crippen LogP contribution in [0.4, 0.5) is 0 Å². The zero-order valence-electron chi connectivity index (χ0n) is 29.5. The van der Waals surface area contributed by atoms with Gasteiger partial charge in [-0.1, -0.05) is 91.0 Å². The first-order chi connectivity index (χ1) is 27.3. The Morgan fingerprint density at radius 2 is 1.04 bits per heavy atom. The normalized spacial score (nSPS) is 11.6. The molecule has 0 aliphatic carbocycles.